The molecule has 3 aromatic rings. The van der Waals surface area contributed by atoms with Gasteiger partial charge in [0.1, 0.15) is 10.6 Å². The molecule has 2 aliphatic heterocycles. The fraction of sp³-hybridized carbons (Fsp3) is 0.367. The van der Waals surface area contributed by atoms with Crippen molar-refractivity contribution in [1.29, 1.82) is 0 Å². The van der Waals surface area contributed by atoms with Crippen LogP contribution < -0.4 is 24.6 Å². The average Bonchev–Trinajstić information content (AvgIpc) is 3.01. The van der Waals surface area contributed by atoms with E-state index in [4.69, 9.17) is 21.1 Å². The molecule has 0 bridgehead atoms. The Labute approximate surface area is 252 Å². The number of morpholine rings is 1. The molecule has 2 saturated heterocycles. The largest absolute Gasteiger partial charge is 0.495 e. The number of amides is 1. The Morgan fingerprint density at radius 2 is 1.62 bits per heavy atom. The fourth-order valence-corrected chi connectivity index (χ4v) is 6.68. The molecule has 0 unspecified atom stereocenters. The highest BCUT2D eigenvalue weighted by molar-refractivity contribution is 7.89. The summed E-state index contributed by atoms with van der Waals surface area (Å²) in [5.74, 6) is 0.429. The van der Waals surface area contributed by atoms with Gasteiger partial charge in [-0.25, -0.2) is 13.1 Å². The summed E-state index contributed by atoms with van der Waals surface area (Å²) in [6.45, 7) is 6.30. The summed E-state index contributed by atoms with van der Waals surface area (Å²) in [5, 5.41) is 3.27. The van der Waals surface area contributed by atoms with E-state index in [1.54, 1.807) is 43.5 Å². The number of ether oxygens (including phenoxy) is 2. The first-order chi connectivity index (χ1) is 20.3. The maximum atomic E-state index is 13.7. The minimum Gasteiger partial charge on any atom is -0.495 e. The van der Waals surface area contributed by atoms with Crippen molar-refractivity contribution in [3.05, 3.63) is 77.3 Å². The van der Waals surface area contributed by atoms with Crippen LogP contribution in [0, 0.1) is 0 Å². The number of piperazine rings is 1. The number of sulfonamides is 1. The van der Waals surface area contributed by atoms with E-state index < -0.39 is 10.0 Å². The Morgan fingerprint density at radius 1 is 0.905 bits per heavy atom. The zero-order valence-electron chi connectivity index (χ0n) is 23.6. The smallest absolute Gasteiger partial charge is 0.255 e. The van der Waals surface area contributed by atoms with Gasteiger partial charge in [0, 0.05) is 68.6 Å². The van der Waals surface area contributed by atoms with Crippen molar-refractivity contribution < 1.29 is 22.7 Å². The third-order valence-electron chi connectivity index (χ3n) is 7.46. The number of halogens is 1. The fourth-order valence-electron chi connectivity index (χ4n) is 5.22. The second-order valence-corrected chi connectivity index (χ2v) is 12.3. The van der Waals surface area contributed by atoms with Gasteiger partial charge in [-0.05, 0) is 48.5 Å². The maximum Gasteiger partial charge on any atom is 0.255 e. The third kappa shape index (κ3) is 7.34. The van der Waals surface area contributed by atoms with E-state index in [0.717, 1.165) is 24.5 Å². The Bertz CT molecular complexity index is 1490. The van der Waals surface area contributed by atoms with Crippen LogP contribution in [0.4, 0.5) is 17.1 Å². The highest BCUT2D eigenvalue weighted by Gasteiger charge is 2.27. The van der Waals surface area contributed by atoms with Crippen LogP contribution in [0.2, 0.25) is 5.02 Å². The van der Waals surface area contributed by atoms with Crippen molar-refractivity contribution in [3.8, 4) is 5.75 Å². The van der Waals surface area contributed by atoms with Crippen molar-refractivity contribution in [1.82, 2.24) is 9.62 Å². The standard InChI is InChI=1S/C30H36ClN5O5S/c1-40-28-8-3-2-7-26(28)35-13-15-36(16-14-35)27-10-9-25(33-30(37)23-5-4-6-24(31)21-23)22-29(27)42(38,39)32-11-12-34-17-19-41-20-18-34/h2-10,21-22,32H,11-20H2,1H3,(H,33,37). The predicted molar refractivity (Wildman–Crippen MR) is 166 cm³/mol. The van der Waals surface area contributed by atoms with Gasteiger partial charge in [0.15, 0.2) is 0 Å². The summed E-state index contributed by atoms with van der Waals surface area (Å²) in [6.07, 6.45) is 0. The number of para-hydroxylation sites is 2. The Balaban J connectivity index is 1.36. The van der Waals surface area contributed by atoms with Crippen molar-refractivity contribution >= 4 is 44.6 Å². The lowest BCUT2D eigenvalue weighted by Crippen LogP contribution is -2.47. The molecule has 0 saturated carbocycles. The summed E-state index contributed by atoms with van der Waals surface area (Å²) in [7, 11) is -2.24. The molecule has 2 N–H and O–H groups in total. The highest BCUT2D eigenvalue weighted by Crippen LogP contribution is 2.32. The number of methoxy groups -OCH3 is 1. The van der Waals surface area contributed by atoms with Crippen LogP contribution in [0.5, 0.6) is 5.75 Å². The first kappa shape index (κ1) is 30.1. The number of anilines is 3. The molecule has 12 heteroatoms. The molecular formula is C30H36ClN5O5S. The quantitative estimate of drug-likeness (QED) is 0.358. The Kier molecular flexibility index (Phi) is 9.86. The zero-order chi connectivity index (χ0) is 29.5. The first-order valence-electron chi connectivity index (χ1n) is 14.0. The van der Waals surface area contributed by atoms with Crippen LogP contribution in [0.15, 0.2) is 71.6 Å². The molecule has 0 radical (unpaired) electrons. The molecule has 224 valence electrons. The number of hydrogen-bond acceptors (Lipinski definition) is 8. The van der Waals surface area contributed by atoms with Crippen molar-refractivity contribution in [2.45, 2.75) is 4.90 Å². The second kappa shape index (κ2) is 13.7. The van der Waals surface area contributed by atoms with Crippen molar-refractivity contribution in [2.24, 2.45) is 0 Å². The van der Waals surface area contributed by atoms with E-state index in [9.17, 15) is 13.2 Å². The van der Waals surface area contributed by atoms with Gasteiger partial charge < -0.3 is 24.6 Å². The van der Waals surface area contributed by atoms with E-state index in [0.29, 0.717) is 67.9 Å². The van der Waals surface area contributed by atoms with E-state index in [1.807, 2.05) is 24.3 Å². The van der Waals surface area contributed by atoms with E-state index in [2.05, 4.69) is 24.7 Å². The third-order valence-corrected chi connectivity index (χ3v) is 9.19. The number of nitrogens with zero attached hydrogens (tertiary/aromatic N) is 3. The van der Waals surface area contributed by atoms with Crippen molar-refractivity contribution in [3.63, 3.8) is 0 Å². The van der Waals surface area contributed by atoms with Crippen molar-refractivity contribution in [2.75, 3.05) is 87.8 Å². The minimum atomic E-state index is -3.90. The predicted octanol–water partition coefficient (Wildman–Crippen LogP) is 3.54. The lowest BCUT2D eigenvalue weighted by atomic mass is 10.2. The van der Waals surface area contributed by atoms with Gasteiger partial charge in [0.2, 0.25) is 10.0 Å². The van der Waals surface area contributed by atoms with Gasteiger partial charge in [-0.3, -0.25) is 9.69 Å². The van der Waals surface area contributed by atoms with E-state index in [1.165, 1.54) is 6.07 Å². The molecular weight excluding hydrogens is 578 g/mol. The second-order valence-electron chi connectivity index (χ2n) is 10.1. The Hall–Kier alpha value is -3.35. The van der Waals surface area contributed by atoms with Crippen LogP contribution >= 0.6 is 11.6 Å². The van der Waals surface area contributed by atoms with Gasteiger partial charge in [-0.2, -0.15) is 0 Å². The molecule has 0 atom stereocenters. The summed E-state index contributed by atoms with van der Waals surface area (Å²) in [5.41, 5.74) is 2.36. The van der Waals surface area contributed by atoms with E-state index in [-0.39, 0.29) is 17.3 Å². The number of hydrogen-bond donors (Lipinski definition) is 2. The molecule has 5 rings (SSSR count). The van der Waals surface area contributed by atoms with Crippen LogP contribution in [0.25, 0.3) is 0 Å². The molecule has 2 fully saturated rings. The first-order valence-corrected chi connectivity index (χ1v) is 15.8. The maximum absolute atomic E-state index is 13.7. The molecule has 2 heterocycles. The number of rotatable bonds is 10. The monoisotopic (exact) mass is 613 g/mol. The molecule has 10 nitrogen and oxygen atoms in total. The van der Waals surface area contributed by atoms with E-state index >= 15 is 0 Å². The van der Waals surface area contributed by atoms with Crippen LogP contribution in [0.1, 0.15) is 10.4 Å². The molecule has 0 spiro atoms. The molecule has 1 amide bonds. The van der Waals surface area contributed by atoms with Crippen LogP contribution in [0.3, 0.4) is 0 Å². The van der Waals surface area contributed by atoms with Gasteiger partial charge in [-0.1, -0.05) is 29.8 Å². The zero-order valence-corrected chi connectivity index (χ0v) is 25.2. The van der Waals surface area contributed by atoms with Gasteiger partial charge >= 0.3 is 0 Å². The normalized spacial score (nSPS) is 16.3. The number of carbonyl (C=O) groups is 1. The number of benzene rings is 3. The van der Waals surface area contributed by atoms with Gasteiger partial charge in [-0.15, -0.1) is 0 Å². The SMILES string of the molecule is COc1ccccc1N1CCN(c2ccc(NC(=O)c3cccc(Cl)c3)cc2S(=O)(=O)NCCN2CCOCC2)CC1. The average molecular weight is 614 g/mol. The molecule has 0 aliphatic carbocycles. The number of nitrogens with one attached hydrogen (secondary N) is 2. The van der Waals surface area contributed by atoms with Crippen LogP contribution in [-0.2, 0) is 14.8 Å². The highest BCUT2D eigenvalue weighted by atomic mass is 35.5. The topological polar surface area (TPSA) is 103 Å². The molecule has 3 aromatic carbocycles. The summed E-state index contributed by atoms with van der Waals surface area (Å²) in [4.78, 5) is 19.5. The molecule has 0 aromatic heterocycles. The Morgan fingerprint density at radius 3 is 2.33 bits per heavy atom. The summed E-state index contributed by atoms with van der Waals surface area (Å²) in [6, 6.07) is 19.5. The minimum absolute atomic E-state index is 0.124. The molecule has 2 aliphatic rings. The van der Waals surface area contributed by atoms with Gasteiger partial charge in [0.25, 0.3) is 5.91 Å². The lowest BCUT2D eigenvalue weighted by molar-refractivity contribution is 0.0390. The lowest BCUT2D eigenvalue weighted by Gasteiger charge is -2.38. The van der Waals surface area contributed by atoms with Crippen LogP contribution in [-0.4, -0.2) is 91.9 Å². The molecule has 42 heavy (non-hydrogen) atoms. The summed E-state index contributed by atoms with van der Waals surface area (Å²) >= 11 is 6.06. The number of carbonyl (C=O) groups excluding carboxylic acids is 1. The van der Waals surface area contributed by atoms with Gasteiger partial charge in [0.05, 0.1) is 31.7 Å². The summed E-state index contributed by atoms with van der Waals surface area (Å²) < 4.78 is 41.2.